The maximum absolute atomic E-state index is 2.78. The summed E-state index contributed by atoms with van der Waals surface area (Å²) in [5.74, 6) is 0. The molecular weight excluding hydrogens is 933 g/mol. The monoisotopic (exact) mass is 982 g/mol. The Morgan fingerprint density at radius 2 is 0.724 bits per heavy atom. The number of hydrogen-bond acceptors (Lipinski definition) is 0. The molecule has 1 aliphatic carbocycles. The van der Waals surface area contributed by atoms with Gasteiger partial charge in [-0.3, -0.25) is 0 Å². The van der Waals surface area contributed by atoms with Crippen molar-refractivity contribution in [3.63, 3.8) is 0 Å². The molecule has 1 aliphatic rings. The topological polar surface area (TPSA) is 9.86 Å². The lowest BCUT2D eigenvalue weighted by atomic mass is 9.67. The van der Waals surface area contributed by atoms with E-state index < -0.39 is 13.5 Å². The lowest BCUT2D eigenvalue weighted by molar-refractivity contribution is 0.768. The second kappa shape index (κ2) is 17.6. The van der Waals surface area contributed by atoms with E-state index >= 15 is 0 Å². The van der Waals surface area contributed by atoms with Crippen LogP contribution in [-0.4, -0.2) is 17.2 Å². The molecule has 356 valence electrons. The average Bonchev–Trinajstić information content (AvgIpc) is 4.18. The molecule has 0 amide bonds. The number of nitrogens with zero attached hydrogens (tertiary/aromatic N) is 2. The lowest BCUT2D eigenvalue weighted by Crippen LogP contribution is -2.74. The van der Waals surface area contributed by atoms with Gasteiger partial charge in [-0.15, -0.1) is 0 Å². The molecule has 0 aliphatic heterocycles. The second-order valence-corrected chi connectivity index (χ2v) is 24.1. The molecule has 15 rings (SSSR count). The Kier molecular flexibility index (Phi) is 10.2. The van der Waals surface area contributed by atoms with Gasteiger partial charge in [0.1, 0.15) is 0 Å². The van der Waals surface area contributed by atoms with Gasteiger partial charge < -0.3 is 9.13 Å². The third kappa shape index (κ3) is 6.40. The minimum absolute atomic E-state index is 0.446. The molecule has 0 radical (unpaired) electrons. The van der Waals surface area contributed by atoms with E-state index in [1.165, 1.54) is 109 Å². The smallest absolute Gasteiger partial charge is 0.179 e. The van der Waals surface area contributed by atoms with Gasteiger partial charge in [0, 0.05) is 32.9 Å². The van der Waals surface area contributed by atoms with Gasteiger partial charge in [-0.05, 0) is 120 Å². The van der Waals surface area contributed by atoms with Crippen LogP contribution in [0.5, 0.6) is 0 Å². The molecule has 0 saturated carbocycles. The van der Waals surface area contributed by atoms with Gasteiger partial charge in [-0.1, -0.05) is 249 Å². The summed E-state index contributed by atoms with van der Waals surface area (Å²) < 4.78 is 4.97. The van der Waals surface area contributed by atoms with E-state index in [4.69, 9.17) is 0 Å². The van der Waals surface area contributed by atoms with Crippen molar-refractivity contribution in [1.29, 1.82) is 0 Å². The molecule has 0 N–H and O–H groups in total. The lowest BCUT2D eigenvalue weighted by Gasteiger charge is -2.34. The average molecular weight is 983 g/mol. The van der Waals surface area contributed by atoms with Gasteiger partial charge in [0.15, 0.2) is 8.07 Å². The molecule has 2 aromatic heterocycles. The quantitative estimate of drug-likeness (QED) is 0.101. The summed E-state index contributed by atoms with van der Waals surface area (Å²) in [6, 6.07) is 113. The number of fused-ring (bicyclic) bond motifs is 9. The fourth-order valence-corrected chi connectivity index (χ4v) is 18.3. The Labute approximate surface area is 443 Å². The Morgan fingerprint density at radius 1 is 0.263 bits per heavy atom. The van der Waals surface area contributed by atoms with Crippen LogP contribution in [0.4, 0.5) is 0 Å². The van der Waals surface area contributed by atoms with Crippen molar-refractivity contribution >= 4 is 72.4 Å². The summed E-state index contributed by atoms with van der Waals surface area (Å²) in [7, 11) is -2.78. The first-order valence-corrected chi connectivity index (χ1v) is 28.4. The number of aromatic nitrogens is 2. The third-order valence-corrected chi connectivity index (χ3v) is 21.3. The minimum atomic E-state index is -2.78. The van der Waals surface area contributed by atoms with Crippen LogP contribution in [0.3, 0.4) is 0 Å². The predicted molar refractivity (Wildman–Crippen MR) is 321 cm³/mol. The van der Waals surface area contributed by atoms with E-state index in [-0.39, 0.29) is 0 Å². The van der Waals surface area contributed by atoms with Crippen LogP contribution >= 0.6 is 0 Å². The summed E-state index contributed by atoms with van der Waals surface area (Å²) in [5, 5.41) is 10.4. The molecule has 2 heterocycles. The van der Waals surface area contributed by atoms with E-state index in [0.717, 1.165) is 11.4 Å². The zero-order valence-electron chi connectivity index (χ0n) is 41.8. The molecule has 0 atom stereocenters. The van der Waals surface area contributed by atoms with E-state index in [1.54, 1.807) is 0 Å². The number of hydrogen-bond donors (Lipinski definition) is 0. The van der Waals surface area contributed by atoms with Crippen LogP contribution < -0.4 is 20.7 Å². The summed E-state index contributed by atoms with van der Waals surface area (Å²) in [4.78, 5) is 0. The van der Waals surface area contributed by atoms with Gasteiger partial charge in [0.25, 0.3) is 0 Å². The van der Waals surface area contributed by atoms with E-state index in [9.17, 15) is 0 Å². The fourth-order valence-electron chi connectivity index (χ4n) is 13.5. The van der Waals surface area contributed by atoms with Crippen molar-refractivity contribution in [2.24, 2.45) is 0 Å². The Hall–Kier alpha value is -9.54. The zero-order valence-corrected chi connectivity index (χ0v) is 42.8. The van der Waals surface area contributed by atoms with Crippen LogP contribution in [0.1, 0.15) is 22.3 Å². The fraction of sp³-hybridized carbons (Fsp3) is 0.0137. The van der Waals surface area contributed by atoms with Gasteiger partial charge >= 0.3 is 0 Å². The minimum Gasteiger partial charge on any atom is -0.309 e. The highest BCUT2D eigenvalue weighted by atomic mass is 28.3. The molecule has 0 saturated heterocycles. The first-order valence-electron chi connectivity index (χ1n) is 26.4. The van der Waals surface area contributed by atoms with Crippen LogP contribution in [0.25, 0.3) is 77.2 Å². The van der Waals surface area contributed by atoms with E-state index in [0.29, 0.717) is 0 Å². The Morgan fingerprint density at radius 3 is 1.38 bits per heavy atom. The molecule has 14 aromatic rings. The summed E-state index contributed by atoms with van der Waals surface area (Å²) in [5.41, 5.74) is 16.7. The standard InChI is InChI=1S/C73H50N2Si/c1-6-24-52(25-7-1)73(53-26-8-2-9-27-53)66-40-19-16-36-61(66)64-48-51(44-46-67(64)73)60-39-23-43-71-72(60)63-38-18-21-42-69(63)75(71)55-45-47-70-65(50-55)62-37-17-20-41-68(62)74(70)54-28-22-35-59(49-54)76(56-29-10-3-11-30-56,57-31-12-4-13-32-57)58-33-14-5-15-34-58/h1-50H. The van der Waals surface area contributed by atoms with Crippen molar-refractivity contribution in [3.8, 4) is 33.6 Å². The normalized spacial score (nSPS) is 12.8. The highest BCUT2D eigenvalue weighted by Gasteiger charge is 2.46. The number of para-hydroxylation sites is 2. The molecule has 0 unspecified atom stereocenters. The van der Waals surface area contributed by atoms with Crippen molar-refractivity contribution in [2.75, 3.05) is 0 Å². The molecule has 0 bridgehead atoms. The molecule has 3 heteroatoms. The molecule has 2 nitrogen and oxygen atoms in total. The maximum atomic E-state index is 2.48. The van der Waals surface area contributed by atoms with Crippen LogP contribution in [0.2, 0.25) is 0 Å². The molecule has 76 heavy (non-hydrogen) atoms. The number of benzene rings is 12. The first-order chi connectivity index (χ1) is 37.7. The summed E-state index contributed by atoms with van der Waals surface area (Å²) in [6.45, 7) is 0. The first kappa shape index (κ1) is 44.0. The van der Waals surface area contributed by atoms with Gasteiger partial charge in [-0.2, -0.15) is 0 Å². The van der Waals surface area contributed by atoms with Gasteiger partial charge in [-0.25, -0.2) is 0 Å². The molecule has 0 spiro atoms. The van der Waals surface area contributed by atoms with Crippen LogP contribution in [-0.2, 0) is 5.41 Å². The highest BCUT2D eigenvalue weighted by Crippen LogP contribution is 2.57. The second-order valence-electron chi connectivity index (χ2n) is 20.3. The summed E-state index contributed by atoms with van der Waals surface area (Å²) >= 11 is 0. The molecular formula is C73H50N2Si. The van der Waals surface area contributed by atoms with Crippen molar-refractivity contribution in [1.82, 2.24) is 9.13 Å². The van der Waals surface area contributed by atoms with Crippen molar-refractivity contribution < 1.29 is 0 Å². The van der Waals surface area contributed by atoms with E-state index in [2.05, 4.69) is 312 Å². The Balaban J connectivity index is 0.906. The Bertz CT molecular complexity index is 4360. The SMILES string of the molecule is c1ccc(C2(c3ccccc3)c3ccccc3-c3cc(-c4cccc5c4c4ccccc4n5-c4ccc5c(c4)c4ccccc4n5-c4cccc([Si](c5ccccc5)(c5ccccc5)c5ccccc5)c4)ccc32)cc1. The van der Waals surface area contributed by atoms with Crippen LogP contribution in [0, 0.1) is 0 Å². The third-order valence-electron chi connectivity index (χ3n) is 16.5. The zero-order chi connectivity index (χ0) is 50.2. The van der Waals surface area contributed by atoms with Crippen molar-refractivity contribution in [3.05, 3.63) is 326 Å². The van der Waals surface area contributed by atoms with Gasteiger partial charge in [0.05, 0.1) is 27.5 Å². The molecule has 12 aromatic carbocycles. The highest BCUT2D eigenvalue weighted by molar-refractivity contribution is 7.19. The largest absolute Gasteiger partial charge is 0.309 e. The van der Waals surface area contributed by atoms with Crippen LogP contribution in [0.15, 0.2) is 303 Å². The molecule has 0 fully saturated rings. The maximum Gasteiger partial charge on any atom is 0.179 e. The summed E-state index contributed by atoms with van der Waals surface area (Å²) in [6.07, 6.45) is 0. The predicted octanol–water partition coefficient (Wildman–Crippen LogP) is 15.3. The van der Waals surface area contributed by atoms with Gasteiger partial charge in [0.2, 0.25) is 0 Å². The van der Waals surface area contributed by atoms with Crippen molar-refractivity contribution in [2.45, 2.75) is 5.41 Å². The number of rotatable bonds is 9. The van der Waals surface area contributed by atoms with E-state index in [1.807, 2.05) is 0 Å².